The Hall–Kier alpha value is -2.74. The number of ether oxygens (including phenoxy) is 4. The van der Waals surface area contributed by atoms with E-state index in [1.165, 1.54) is 27.0 Å². The van der Waals surface area contributed by atoms with Gasteiger partial charge < -0.3 is 18.9 Å². The highest BCUT2D eigenvalue weighted by Crippen LogP contribution is 2.32. The first-order valence-electron chi connectivity index (χ1n) is 8.10. The molecule has 0 bridgehead atoms. The minimum Gasteiger partial charge on any atom is -0.479 e. The summed E-state index contributed by atoms with van der Waals surface area (Å²) in [7, 11) is 1.18. The fourth-order valence-electron chi connectivity index (χ4n) is 2.72. The lowest BCUT2D eigenvalue weighted by atomic mass is 9.87. The van der Waals surface area contributed by atoms with Crippen LogP contribution in [-0.2, 0) is 33.3 Å². The van der Waals surface area contributed by atoms with Gasteiger partial charge in [0.15, 0.2) is 6.10 Å². The molecule has 0 aliphatic carbocycles. The number of rotatable bonds is 7. The van der Waals surface area contributed by atoms with Crippen molar-refractivity contribution in [1.29, 1.82) is 0 Å². The first-order chi connectivity index (χ1) is 12.2. The molecule has 0 aromatic heterocycles. The monoisotopic (exact) mass is 369 g/mol. The Morgan fingerprint density at radius 3 is 2.38 bits per heavy atom. The van der Waals surface area contributed by atoms with Gasteiger partial charge in [-0.1, -0.05) is 19.0 Å². The molecule has 0 N–H and O–H groups in total. The van der Waals surface area contributed by atoms with Gasteiger partial charge in [-0.2, -0.15) is 0 Å². The maximum atomic E-state index is 11.9. The van der Waals surface area contributed by atoms with Crippen LogP contribution in [-0.4, -0.2) is 49.4 Å². The second-order valence-electron chi connectivity index (χ2n) is 5.79. The van der Waals surface area contributed by atoms with Gasteiger partial charge in [-0.15, -0.1) is 0 Å². The summed E-state index contributed by atoms with van der Waals surface area (Å²) in [6.07, 6.45) is -0.996. The highest BCUT2D eigenvalue weighted by molar-refractivity contribution is 5.86. The standard InChI is InChI=1S/C16H23N3O7/c1-6-12(24-9(3)20)15(25-10(4)21)14-8(2)11(18-19-17)7-13(26-14)16(22)23-5/h7-8,11-12,14-15H,6H2,1-5H3/t8-,11+,12-,14-,15-/m1/s1. The normalized spacial score (nSPS) is 24.0. The summed E-state index contributed by atoms with van der Waals surface area (Å²) >= 11 is 0. The van der Waals surface area contributed by atoms with Crippen molar-refractivity contribution in [3.8, 4) is 0 Å². The van der Waals surface area contributed by atoms with Crippen molar-refractivity contribution in [2.75, 3.05) is 7.11 Å². The molecule has 26 heavy (non-hydrogen) atoms. The molecule has 0 aromatic carbocycles. The number of azide groups is 1. The Kier molecular flexibility index (Phi) is 7.92. The second-order valence-corrected chi connectivity index (χ2v) is 5.79. The SMILES string of the molecule is CC[C@@H](OC(C)=O)[C@@H](OC(C)=O)[C@@H]1OC(C(=O)OC)=C[C@H](N=[N+]=[N-])[C@H]1C. The summed E-state index contributed by atoms with van der Waals surface area (Å²) in [5.74, 6) is -2.54. The van der Waals surface area contributed by atoms with Crippen LogP contribution < -0.4 is 0 Å². The molecule has 0 radical (unpaired) electrons. The van der Waals surface area contributed by atoms with Crippen LogP contribution >= 0.6 is 0 Å². The van der Waals surface area contributed by atoms with Crippen LogP contribution in [0.3, 0.4) is 0 Å². The number of carbonyl (C=O) groups is 3. The molecule has 1 rings (SSSR count). The Balaban J connectivity index is 3.30. The third kappa shape index (κ3) is 5.38. The first kappa shape index (κ1) is 21.3. The van der Waals surface area contributed by atoms with Crippen LogP contribution in [0.1, 0.15) is 34.1 Å². The van der Waals surface area contributed by atoms with Gasteiger partial charge in [0, 0.05) is 24.7 Å². The molecule has 0 unspecified atom stereocenters. The average molecular weight is 369 g/mol. The van der Waals surface area contributed by atoms with Gasteiger partial charge >= 0.3 is 17.9 Å². The first-order valence-corrected chi connectivity index (χ1v) is 8.10. The largest absolute Gasteiger partial charge is 0.479 e. The molecule has 144 valence electrons. The van der Waals surface area contributed by atoms with Crippen molar-refractivity contribution in [1.82, 2.24) is 0 Å². The van der Waals surface area contributed by atoms with E-state index in [0.717, 1.165) is 0 Å². The molecule has 0 saturated carbocycles. The van der Waals surface area contributed by atoms with Crippen LogP contribution in [0.25, 0.3) is 10.4 Å². The number of hydrogen-bond donors (Lipinski definition) is 0. The number of carbonyl (C=O) groups excluding carboxylic acids is 3. The molecule has 0 aromatic rings. The summed E-state index contributed by atoms with van der Waals surface area (Å²) in [5, 5.41) is 3.66. The van der Waals surface area contributed by atoms with Crippen LogP contribution in [0.5, 0.6) is 0 Å². The van der Waals surface area contributed by atoms with Crippen LogP contribution in [0.15, 0.2) is 16.9 Å². The lowest BCUT2D eigenvalue weighted by Crippen LogP contribution is -2.51. The molecule has 0 saturated heterocycles. The van der Waals surface area contributed by atoms with Crippen LogP contribution in [0.2, 0.25) is 0 Å². The zero-order chi connectivity index (χ0) is 19.9. The van der Waals surface area contributed by atoms with E-state index in [-0.39, 0.29) is 5.76 Å². The van der Waals surface area contributed by atoms with Crippen LogP contribution in [0, 0.1) is 5.92 Å². The van der Waals surface area contributed by atoms with E-state index in [4.69, 9.17) is 19.7 Å². The van der Waals surface area contributed by atoms with Crippen molar-refractivity contribution >= 4 is 17.9 Å². The fourth-order valence-corrected chi connectivity index (χ4v) is 2.72. The fraction of sp³-hybridized carbons (Fsp3) is 0.688. The van der Waals surface area contributed by atoms with Crippen LogP contribution in [0.4, 0.5) is 0 Å². The maximum Gasteiger partial charge on any atom is 0.372 e. The summed E-state index contributed by atoms with van der Waals surface area (Å²) in [6, 6.07) is -0.735. The Morgan fingerprint density at radius 1 is 1.31 bits per heavy atom. The van der Waals surface area contributed by atoms with E-state index in [1.54, 1.807) is 13.8 Å². The highest BCUT2D eigenvalue weighted by atomic mass is 16.6. The summed E-state index contributed by atoms with van der Waals surface area (Å²) in [5.41, 5.74) is 8.78. The van der Waals surface area contributed by atoms with Gasteiger partial charge in [0.05, 0.1) is 13.2 Å². The van der Waals surface area contributed by atoms with Gasteiger partial charge in [0.2, 0.25) is 5.76 Å². The quantitative estimate of drug-likeness (QED) is 0.220. The van der Waals surface area contributed by atoms with E-state index in [9.17, 15) is 14.4 Å². The summed E-state index contributed by atoms with van der Waals surface area (Å²) in [4.78, 5) is 37.6. The molecular weight excluding hydrogens is 346 g/mol. The highest BCUT2D eigenvalue weighted by Gasteiger charge is 2.44. The molecule has 1 heterocycles. The van der Waals surface area contributed by atoms with Gasteiger partial charge in [0.1, 0.15) is 12.2 Å². The molecule has 1 aliphatic heterocycles. The predicted molar refractivity (Wildman–Crippen MR) is 88.5 cm³/mol. The van der Waals surface area contributed by atoms with Crippen molar-refractivity contribution in [3.63, 3.8) is 0 Å². The zero-order valence-corrected chi connectivity index (χ0v) is 15.4. The third-order valence-electron chi connectivity index (χ3n) is 3.93. The summed E-state index contributed by atoms with van der Waals surface area (Å²) < 4.78 is 20.9. The smallest absolute Gasteiger partial charge is 0.372 e. The average Bonchev–Trinajstić information content (AvgIpc) is 2.58. The molecule has 10 heteroatoms. The Labute approximate surface area is 151 Å². The number of hydrogen-bond acceptors (Lipinski definition) is 8. The molecule has 10 nitrogen and oxygen atoms in total. The minimum absolute atomic E-state index is 0.164. The van der Waals surface area contributed by atoms with Gasteiger partial charge in [0.25, 0.3) is 0 Å². The molecule has 0 amide bonds. The summed E-state index contributed by atoms with van der Waals surface area (Å²) in [6.45, 7) is 5.91. The number of methoxy groups -OCH3 is 1. The Bertz CT molecular complexity index is 627. The Morgan fingerprint density at radius 2 is 1.92 bits per heavy atom. The topological polar surface area (TPSA) is 137 Å². The molecule has 1 aliphatic rings. The predicted octanol–water partition coefficient (Wildman–Crippen LogP) is 2.03. The van der Waals surface area contributed by atoms with E-state index >= 15 is 0 Å². The maximum absolute atomic E-state index is 11.9. The molecule has 5 atom stereocenters. The van der Waals surface area contributed by atoms with Gasteiger partial charge in [-0.25, -0.2) is 4.79 Å². The third-order valence-corrected chi connectivity index (χ3v) is 3.93. The van der Waals surface area contributed by atoms with Crippen molar-refractivity contribution in [3.05, 3.63) is 22.3 Å². The molecule has 0 spiro atoms. The van der Waals surface area contributed by atoms with Crippen molar-refractivity contribution in [2.45, 2.75) is 58.5 Å². The van der Waals surface area contributed by atoms with Crippen molar-refractivity contribution in [2.24, 2.45) is 11.0 Å². The van der Waals surface area contributed by atoms with E-state index in [2.05, 4.69) is 14.8 Å². The molecular formula is C16H23N3O7. The van der Waals surface area contributed by atoms with E-state index in [1.807, 2.05) is 0 Å². The minimum atomic E-state index is -0.999. The van der Waals surface area contributed by atoms with Gasteiger partial charge in [-0.3, -0.25) is 9.59 Å². The zero-order valence-electron chi connectivity index (χ0n) is 15.4. The van der Waals surface area contributed by atoms with Crippen molar-refractivity contribution < 1.29 is 33.3 Å². The van der Waals surface area contributed by atoms with E-state index < -0.39 is 48.2 Å². The lowest BCUT2D eigenvalue weighted by molar-refractivity contribution is -0.183. The molecule has 0 fully saturated rings. The second kappa shape index (κ2) is 9.67. The van der Waals surface area contributed by atoms with E-state index in [0.29, 0.717) is 6.42 Å². The number of esters is 3. The number of nitrogens with zero attached hydrogens (tertiary/aromatic N) is 3. The van der Waals surface area contributed by atoms with Gasteiger partial charge in [-0.05, 0) is 18.0 Å². The lowest BCUT2D eigenvalue weighted by Gasteiger charge is -2.39.